The molecule has 0 saturated heterocycles. The van der Waals surface area contributed by atoms with Crippen molar-refractivity contribution in [1.82, 2.24) is 0 Å². The predicted octanol–water partition coefficient (Wildman–Crippen LogP) is 3.35. The third-order valence-corrected chi connectivity index (χ3v) is 2.85. The number of ketones is 1. The van der Waals surface area contributed by atoms with E-state index in [1.54, 1.807) is 12.1 Å². The van der Waals surface area contributed by atoms with Gasteiger partial charge in [-0.3, -0.25) is 4.79 Å². The molecule has 0 amide bonds. The lowest BCUT2D eigenvalue weighted by Gasteiger charge is -1.99. The van der Waals surface area contributed by atoms with E-state index in [1.807, 2.05) is 34.7 Å². The number of carbonyl (C=O) groups excluding carboxylic acids is 1. The van der Waals surface area contributed by atoms with Crippen LogP contribution in [0.5, 0.6) is 0 Å². The second kappa shape index (κ2) is 5.50. The van der Waals surface area contributed by atoms with Crippen LogP contribution in [-0.2, 0) is 4.79 Å². The van der Waals surface area contributed by atoms with Crippen molar-refractivity contribution in [2.75, 3.05) is 4.43 Å². The number of aliphatic hydroxyl groups excluding tert-OH is 1. The zero-order valence-corrected chi connectivity index (χ0v) is 10.9. The number of allylic oxidation sites excluding steroid dienone is 1. The van der Waals surface area contributed by atoms with E-state index in [0.717, 1.165) is 4.47 Å². The zero-order valence-electron chi connectivity index (χ0n) is 7.21. The van der Waals surface area contributed by atoms with Gasteiger partial charge in [0.05, 0.1) is 4.43 Å². The summed E-state index contributed by atoms with van der Waals surface area (Å²) in [5.74, 6) is -0.0785. The van der Waals surface area contributed by atoms with Crippen molar-refractivity contribution in [2.45, 2.75) is 0 Å². The first-order valence-corrected chi connectivity index (χ1v) is 6.20. The number of halogens is 2. The maximum absolute atomic E-state index is 11.0. The van der Waals surface area contributed by atoms with Gasteiger partial charge in [0.15, 0.2) is 5.78 Å². The van der Waals surface area contributed by atoms with Crippen molar-refractivity contribution >= 4 is 50.1 Å². The number of benzene rings is 1. The smallest absolute Gasteiger partial charge is 0.169 e. The van der Waals surface area contributed by atoms with Crippen LogP contribution < -0.4 is 0 Å². The molecule has 0 aromatic heterocycles. The van der Waals surface area contributed by atoms with E-state index in [9.17, 15) is 9.90 Å². The Balaban J connectivity index is 2.89. The van der Waals surface area contributed by atoms with Crippen LogP contribution in [0.2, 0.25) is 0 Å². The quantitative estimate of drug-likeness (QED) is 0.385. The van der Waals surface area contributed by atoms with E-state index in [0.29, 0.717) is 9.99 Å². The Morgan fingerprint density at radius 2 is 2.00 bits per heavy atom. The lowest BCUT2D eigenvalue weighted by atomic mass is 10.1. The molecule has 74 valence electrons. The first-order valence-electron chi connectivity index (χ1n) is 3.89. The molecule has 0 aliphatic carbocycles. The van der Waals surface area contributed by atoms with Crippen molar-refractivity contribution in [3.63, 3.8) is 0 Å². The molecule has 1 aromatic carbocycles. The van der Waals surface area contributed by atoms with Crippen LogP contribution in [0.3, 0.4) is 0 Å². The third kappa shape index (κ3) is 3.42. The normalized spacial score (nSPS) is 11.4. The van der Waals surface area contributed by atoms with E-state index < -0.39 is 0 Å². The van der Waals surface area contributed by atoms with Crippen molar-refractivity contribution in [2.24, 2.45) is 0 Å². The summed E-state index contributed by atoms with van der Waals surface area (Å²) < 4.78 is 1.31. The standard InChI is InChI=1S/C10H8BrIO2/c11-8-3-1-7(2-4-8)10(14)5-9(13)6-12/h1-5,14H,6H2/b10-5-. The van der Waals surface area contributed by atoms with Crippen molar-refractivity contribution in [1.29, 1.82) is 0 Å². The first-order chi connectivity index (χ1) is 6.63. The highest BCUT2D eigenvalue weighted by Crippen LogP contribution is 2.15. The van der Waals surface area contributed by atoms with Gasteiger partial charge in [0.25, 0.3) is 0 Å². The molecule has 0 unspecified atom stereocenters. The lowest BCUT2D eigenvalue weighted by Crippen LogP contribution is -1.95. The molecule has 2 nitrogen and oxygen atoms in total. The van der Waals surface area contributed by atoms with Crippen LogP contribution in [0.15, 0.2) is 34.8 Å². The van der Waals surface area contributed by atoms with Gasteiger partial charge in [0, 0.05) is 16.1 Å². The summed E-state index contributed by atoms with van der Waals surface area (Å²) in [4.78, 5) is 11.0. The number of carbonyl (C=O) groups is 1. The maximum atomic E-state index is 11.0. The number of hydrogen-bond acceptors (Lipinski definition) is 2. The number of alkyl halides is 1. The van der Waals surface area contributed by atoms with Gasteiger partial charge in [0.1, 0.15) is 5.76 Å². The zero-order chi connectivity index (χ0) is 10.6. The molecule has 0 fully saturated rings. The van der Waals surface area contributed by atoms with Gasteiger partial charge in [-0.15, -0.1) is 0 Å². The topological polar surface area (TPSA) is 37.3 Å². The predicted molar refractivity (Wildman–Crippen MR) is 68.6 cm³/mol. The van der Waals surface area contributed by atoms with Gasteiger partial charge in [-0.1, -0.05) is 50.7 Å². The molecular weight excluding hydrogens is 359 g/mol. The van der Waals surface area contributed by atoms with E-state index in [2.05, 4.69) is 15.9 Å². The number of rotatable bonds is 3. The summed E-state index contributed by atoms with van der Waals surface area (Å²) in [5.41, 5.74) is 0.645. The fourth-order valence-electron chi connectivity index (χ4n) is 0.895. The molecule has 1 aromatic rings. The van der Waals surface area contributed by atoms with Crippen LogP contribution in [0.1, 0.15) is 5.56 Å². The van der Waals surface area contributed by atoms with Gasteiger partial charge in [-0.05, 0) is 12.1 Å². The molecule has 14 heavy (non-hydrogen) atoms. The second-order valence-corrected chi connectivity index (χ2v) is 4.31. The Morgan fingerprint density at radius 3 is 2.50 bits per heavy atom. The Morgan fingerprint density at radius 1 is 1.43 bits per heavy atom. The number of aliphatic hydroxyl groups is 1. The molecule has 0 aliphatic rings. The minimum absolute atomic E-state index is 0.0131. The highest BCUT2D eigenvalue weighted by Gasteiger charge is 2.01. The summed E-state index contributed by atoms with van der Waals surface area (Å²) in [5, 5.41) is 9.53. The summed E-state index contributed by atoms with van der Waals surface area (Å²) in [6, 6.07) is 7.12. The molecule has 0 spiro atoms. The number of hydrogen-bond donors (Lipinski definition) is 1. The Kier molecular flexibility index (Phi) is 4.60. The molecular formula is C10H8BrIO2. The molecule has 0 atom stereocenters. The van der Waals surface area contributed by atoms with Crippen molar-refractivity contribution in [3.8, 4) is 0 Å². The summed E-state index contributed by atoms with van der Waals surface area (Å²) >= 11 is 5.25. The van der Waals surface area contributed by atoms with Crippen molar-refractivity contribution in [3.05, 3.63) is 40.4 Å². The molecule has 0 heterocycles. The van der Waals surface area contributed by atoms with E-state index >= 15 is 0 Å². The Labute approximate surface area is 104 Å². The minimum atomic E-state index is -0.0916. The highest BCUT2D eigenvalue weighted by molar-refractivity contribution is 14.1. The monoisotopic (exact) mass is 366 g/mol. The van der Waals surface area contributed by atoms with Gasteiger partial charge >= 0.3 is 0 Å². The van der Waals surface area contributed by atoms with Crippen LogP contribution in [0, 0.1) is 0 Å². The van der Waals surface area contributed by atoms with Gasteiger partial charge in [-0.2, -0.15) is 0 Å². The van der Waals surface area contributed by atoms with Gasteiger partial charge in [-0.25, -0.2) is 0 Å². The Hall–Kier alpha value is -0.360. The lowest BCUT2D eigenvalue weighted by molar-refractivity contribution is -0.112. The van der Waals surface area contributed by atoms with Crippen molar-refractivity contribution < 1.29 is 9.90 Å². The van der Waals surface area contributed by atoms with Crippen LogP contribution in [0.4, 0.5) is 0 Å². The molecule has 0 radical (unpaired) electrons. The van der Waals surface area contributed by atoms with Crippen LogP contribution in [0.25, 0.3) is 5.76 Å². The minimum Gasteiger partial charge on any atom is -0.507 e. The first kappa shape index (κ1) is 11.7. The second-order valence-electron chi connectivity index (χ2n) is 2.64. The SMILES string of the molecule is O=C(/C=C(\O)c1ccc(Br)cc1)CI. The average molecular weight is 367 g/mol. The fourth-order valence-corrected chi connectivity index (χ4v) is 1.38. The van der Waals surface area contributed by atoms with Gasteiger partial charge in [0.2, 0.25) is 0 Å². The Bertz CT molecular complexity index is 357. The molecule has 4 heteroatoms. The molecule has 0 bridgehead atoms. The summed E-state index contributed by atoms with van der Waals surface area (Å²) in [6.07, 6.45) is 1.25. The summed E-state index contributed by atoms with van der Waals surface area (Å²) in [7, 11) is 0. The largest absolute Gasteiger partial charge is 0.507 e. The van der Waals surface area contributed by atoms with Crippen LogP contribution >= 0.6 is 38.5 Å². The average Bonchev–Trinajstić information content (AvgIpc) is 2.18. The molecule has 0 saturated carbocycles. The molecule has 1 rings (SSSR count). The van der Waals surface area contributed by atoms with Gasteiger partial charge < -0.3 is 5.11 Å². The van der Waals surface area contributed by atoms with E-state index in [4.69, 9.17) is 0 Å². The van der Waals surface area contributed by atoms with Crippen LogP contribution in [-0.4, -0.2) is 15.3 Å². The maximum Gasteiger partial charge on any atom is 0.169 e. The molecule has 1 N–H and O–H groups in total. The third-order valence-electron chi connectivity index (χ3n) is 1.57. The fraction of sp³-hybridized carbons (Fsp3) is 0.100. The van der Waals surface area contributed by atoms with E-state index in [-0.39, 0.29) is 11.5 Å². The highest BCUT2D eigenvalue weighted by atomic mass is 127. The summed E-state index contributed by atoms with van der Waals surface area (Å²) in [6.45, 7) is 0. The molecule has 0 aliphatic heterocycles. The van der Waals surface area contributed by atoms with E-state index in [1.165, 1.54) is 6.08 Å².